The molecule has 4 bridgehead atoms. The Kier molecular flexibility index (Phi) is 6.51. The number of carbonyl (C=O) groups is 1. The smallest absolute Gasteiger partial charge is 0.255 e. The zero-order chi connectivity index (χ0) is 26.5. The van der Waals surface area contributed by atoms with Crippen LogP contribution in [0.25, 0.3) is 0 Å². The molecule has 4 aliphatic carbocycles. The molecule has 0 aliphatic heterocycles. The van der Waals surface area contributed by atoms with Crippen molar-refractivity contribution in [3.8, 4) is 0 Å². The summed E-state index contributed by atoms with van der Waals surface area (Å²) in [6, 6.07) is 22.2. The number of sulfonamides is 1. The van der Waals surface area contributed by atoms with E-state index in [0.717, 1.165) is 29.0 Å². The maximum atomic E-state index is 13.0. The molecule has 1 amide bonds. The average molecular weight is 549 g/mol. The molecule has 0 radical (unpaired) electrons. The zero-order valence-electron chi connectivity index (χ0n) is 21.6. The third kappa shape index (κ3) is 5.08. The van der Waals surface area contributed by atoms with Crippen LogP contribution in [0, 0.1) is 17.8 Å². The van der Waals surface area contributed by atoms with Crippen LogP contribution in [-0.4, -0.2) is 20.6 Å². The van der Waals surface area contributed by atoms with Gasteiger partial charge in [-0.15, -0.1) is 0 Å². The summed E-state index contributed by atoms with van der Waals surface area (Å²) in [7, 11) is -3.53. The van der Waals surface area contributed by atoms with Crippen LogP contribution in [0.1, 0.15) is 60.0 Å². The van der Waals surface area contributed by atoms with Crippen molar-refractivity contribution in [2.24, 2.45) is 17.8 Å². The lowest BCUT2D eigenvalue weighted by Gasteiger charge is -2.57. The molecule has 1 N–H and O–H groups in total. The predicted molar refractivity (Wildman–Crippen MR) is 153 cm³/mol. The maximum absolute atomic E-state index is 13.0. The highest BCUT2D eigenvalue weighted by atomic mass is 35.5. The molecule has 7 rings (SSSR count). The fourth-order valence-electron chi connectivity index (χ4n) is 7.51. The van der Waals surface area contributed by atoms with E-state index in [-0.39, 0.29) is 12.5 Å². The Balaban J connectivity index is 1.14. The second-order valence-corrected chi connectivity index (χ2v) is 14.0. The van der Waals surface area contributed by atoms with Crippen molar-refractivity contribution >= 4 is 38.9 Å². The molecular formula is C31H33ClN2O3S. The summed E-state index contributed by atoms with van der Waals surface area (Å²) in [6.07, 6.45) is 9.41. The van der Waals surface area contributed by atoms with Crippen LogP contribution in [0.3, 0.4) is 0 Å². The molecule has 0 atom stereocenters. The number of rotatable bonds is 7. The van der Waals surface area contributed by atoms with Crippen LogP contribution in [0.4, 0.5) is 11.4 Å². The van der Waals surface area contributed by atoms with Crippen LogP contribution >= 0.6 is 11.6 Å². The Labute approximate surface area is 230 Å². The van der Waals surface area contributed by atoms with Gasteiger partial charge in [0.2, 0.25) is 10.0 Å². The van der Waals surface area contributed by atoms with Gasteiger partial charge in [-0.05, 0) is 121 Å². The Morgan fingerprint density at radius 3 is 1.95 bits per heavy atom. The van der Waals surface area contributed by atoms with E-state index in [9.17, 15) is 13.2 Å². The summed E-state index contributed by atoms with van der Waals surface area (Å²) in [5.41, 5.74) is 4.33. The van der Waals surface area contributed by atoms with E-state index in [4.69, 9.17) is 11.6 Å². The number of carbonyl (C=O) groups excluding carboxylic acids is 1. The van der Waals surface area contributed by atoms with Gasteiger partial charge in [-0.1, -0.05) is 35.9 Å². The average Bonchev–Trinajstić information content (AvgIpc) is 2.87. The van der Waals surface area contributed by atoms with Crippen molar-refractivity contribution in [3.05, 3.63) is 94.5 Å². The van der Waals surface area contributed by atoms with Crippen molar-refractivity contribution in [1.29, 1.82) is 0 Å². The summed E-state index contributed by atoms with van der Waals surface area (Å²) >= 11 is 5.96. The number of anilines is 2. The van der Waals surface area contributed by atoms with Crippen LogP contribution in [0.5, 0.6) is 0 Å². The maximum Gasteiger partial charge on any atom is 0.255 e. The van der Waals surface area contributed by atoms with Crippen LogP contribution in [-0.2, 0) is 22.0 Å². The molecule has 4 saturated carbocycles. The van der Waals surface area contributed by atoms with Crippen LogP contribution in [0.15, 0.2) is 72.8 Å². The Morgan fingerprint density at radius 2 is 1.42 bits per heavy atom. The van der Waals surface area contributed by atoms with E-state index >= 15 is 0 Å². The molecule has 0 saturated heterocycles. The van der Waals surface area contributed by atoms with Crippen molar-refractivity contribution < 1.29 is 13.2 Å². The third-order valence-corrected chi connectivity index (χ3v) is 10.2. The van der Waals surface area contributed by atoms with E-state index in [1.807, 2.05) is 12.1 Å². The highest BCUT2D eigenvalue weighted by molar-refractivity contribution is 7.92. The standard InChI is InChI=1S/C31H33ClN2O3S/c1-38(36,37)34(20-21-2-8-27(32)9-3-21)29-12-4-25(5-13-29)30(35)33-28-10-6-26(7-11-28)31-17-22-14-23(18-31)16-24(15-22)19-31/h2-13,22-24H,14-20H2,1H3,(H,33,35). The molecule has 38 heavy (non-hydrogen) atoms. The van der Waals surface area contributed by atoms with Crippen molar-refractivity contribution in [2.45, 2.75) is 50.5 Å². The van der Waals surface area contributed by atoms with E-state index < -0.39 is 10.0 Å². The first kappa shape index (κ1) is 25.4. The molecular weight excluding hydrogens is 516 g/mol. The van der Waals surface area contributed by atoms with Gasteiger partial charge in [0.1, 0.15) is 0 Å². The number of nitrogens with zero attached hydrogens (tertiary/aromatic N) is 1. The molecule has 0 aromatic heterocycles. The molecule has 7 heteroatoms. The number of halogens is 1. The second-order valence-electron chi connectivity index (χ2n) is 11.7. The van der Waals surface area contributed by atoms with E-state index in [1.54, 1.807) is 48.5 Å². The Morgan fingerprint density at radius 1 is 0.868 bits per heavy atom. The lowest BCUT2D eigenvalue weighted by atomic mass is 9.48. The molecule has 4 aliphatic rings. The summed E-state index contributed by atoms with van der Waals surface area (Å²) < 4.78 is 26.3. The fourth-order valence-corrected chi connectivity index (χ4v) is 8.52. The number of hydrogen-bond donors (Lipinski definition) is 1. The van der Waals surface area contributed by atoms with E-state index in [1.165, 1.54) is 54.6 Å². The number of nitrogens with one attached hydrogen (secondary N) is 1. The van der Waals surface area contributed by atoms with Gasteiger partial charge in [-0.25, -0.2) is 8.42 Å². The number of benzene rings is 3. The molecule has 4 fully saturated rings. The van der Waals surface area contributed by atoms with Gasteiger partial charge in [0.25, 0.3) is 5.91 Å². The minimum Gasteiger partial charge on any atom is -0.322 e. The molecule has 3 aromatic rings. The van der Waals surface area contributed by atoms with Gasteiger partial charge in [0.05, 0.1) is 18.5 Å². The van der Waals surface area contributed by atoms with Crippen molar-refractivity contribution in [1.82, 2.24) is 0 Å². The normalized spacial score (nSPS) is 25.8. The highest BCUT2D eigenvalue weighted by Gasteiger charge is 2.51. The minimum absolute atomic E-state index is 0.178. The lowest BCUT2D eigenvalue weighted by Crippen LogP contribution is -2.48. The van der Waals surface area contributed by atoms with E-state index in [0.29, 0.717) is 21.7 Å². The summed E-state index contributed by atoms with van der Waals surface area (Å²) in [5.74, 6) is 2.47. The molecule has 0 spiro atoms. The van der Waals surface area contributed by atoms with Gasteiger partial charge in [-0.2, -0.15) is 0 Å². The van der Waals surface area contributed by atoms with Gasteiger partial charge in [0.15, 0.2) is 0 Å². The second kappa shape index (κ2) is 9.73. The fraction of sp³-hybridized carbons (Fsp3) is 0.387. The van der Waals surface area contributed by atoms with Crippen molar-refractivity contribution in [3.63, 3.8) is 0 Å². The SMILES string of the molecule is CS(=O)(=O)N(Cc1ccc(Cl)cc1)c1ccc(C(=O)Nc2ccc(C34CC5CC(CC(C5)C3)C4)cc2)cc1. The quantitative estimate of drug-likeness (QED) is 0.345. The monoisotopic (exact) mass is 548 g/mol. The molecule has 0 heterocycles. The first-order valence-corrected chi connectivity index (χ1v) is 15.6. The van der Waals surface area contributed by atoms with Crippen molar-refractivity contribution in [2.75, 3.05) is 15.9 Å². The van der Waals surface area contributed by atoms with Gasteiger partial charge < -0.3 is 5.32 Å². The van der Waals surface area contributed by atoms with Crippen LogP contribution < -0.4 is 9.62 Å². The largest absolute Gasteiger partial charge is 0.322 e. The predicted octanol–water partition coefficient (Wildman–Crippen LogP) is 7.03. The first-order valence-electron chi connectivity index (χ1n) is 13.4. The Hall–Kier alpha value is -2.83. The highest BCUT2D eigenvalue weighted by Crippen LogP contribution is 2.60. The molecule has 5 nitrogen and oxygen atoms in total. The van der Waals surface area contributed by atoms with Gasteiger partial charge in [-0.3, -0.25) is 9.10 Å². The molecule has 3 aromatic carbocycles. The Bertz CT molecular complexity index is 1400. The minimum atomic E-state index is -3.53. The number of amides is 1. The summed E-state index contributed by atoms with van der Waals surface area (Å²) in [5, 5.41) is 3.59. The number of hydrogen-bond acceptors (Lipinski definition) is 3. The summed E-state index contributed by atoms with van der Waals surface area (Å²) in [4.78, 5) is 13.0. The zero-order valence-corrected chi connectivity index (χ0v) is 23.1. The lowest BCUT2D eigenvalue weighted by molar-refractivity contribution is -0.00518. The molecule has 198 valence electrons. The topological polar surface area (TPSA) is 66.5 Å². The molecule has 0 unspecified atom stereocenters. The third-order valence-electron chi connectivity index (χ3n) is 8.85. The summed E-state index contributed by atoms with van der Waals surface area (Å²) in [6.45, 7) is 0.178. The van der Waals surface area contributed by atoms with E-state index in [2.05, 4.69) is 17.4 Å². The van der Waals surface area contributed by atoms with Gasteiger partial charge in [0, 0.05) is 16.3 Å². The van der Waals surface area contributed by atoms with Gasteiger partial charge >= 0.3 is 0 Å². The van der Waals surface area contributed by atoms with Crippen LogP contribution in [0.2, 0.25) is 5.02 Å². The first-order chi connectivity index (χ1) is 18.2.